The van der Waals surface area contributed by atoms with Gasteiger partial charge in [-0.15, -0.1) is 0 Å². The number of aliphatic hydroxyl groups excluding tert-OH is 1. The maximum atomic E-state index is 13.5. The van der Waals surface area contributed by atoms with Crippen LogP contribution in [0.5, 0.6) is 0 Å². The van der Waals surface area contributed by atoms with E-state index in [-0.39, 0.29) is 12.0 Å². The number of aromatic nitrogens is 1. The molecule has 33 heavy (non-hydrogen) atoms. The average molecular weight is 486 g/mol. The molecule has 0 amide bonds. The van der Waals surface area contributed by atoms with Crippen LogP contribution in [0.2, 0.25) is 10.0 Å². The predicted molar refractivity (Wildman–Crippen MR) is 137 cm³/mol. The van der Waals surface area contributed by atoms with Crippen LogP contribution in [0.1, 0.15) is 6.92 Å². The van der Waals surface area contributed by atoms with Crippen molar-refractivity contribution >= 4 is 62.1 Å². The third-order valence-electron chi connectivity index (χ3n) is 5.44. The van der Waals surface area contributed by atoms with Gasteiger partial charge in [-0.2, -0.15) is 0 Å². The molecule has 0 aliphatic heterocycles. The van der Waals surface area contributed by atoms with Crippen LogP contribution >= 0.6 is 23.2 Å². The van der Waals surface area contributed by atoms with E-state index >= 15 is 0 Å². The lowest BCUT2D eigenvalue weighted by molar-refractivity contribution is -0.102. The summed E-state index contributed by atoms with van der Waals surface area (Å²) < 4.78 is 7.30. The highest BCUT2D eigenvalue weighted by Crippen LogP contribution is 2.36. The van der Waals surface area contributed by atoms with Crippen molar-refractivity contribution in [3.8, 4) is 0 Å². The fraction of sp³-hybridized carbons (Fsp3) is 0.240. The Bertz CT molecular complexity index is 1370. The first kappa shape index (κ1) is 23.4. The standard InChI is InChI=1S/C25H25Cl2N3O3/c1-4-33-22(31)14-30-21-13-20(28-15-8-6-5-7-9-15)19(27)12-17(21)25(32)16-10-11-18(26)24(23(16)30)29(2)3/h5-13,22,28,31H,4,14H2,1-3H3. The molecule has 1 unspecified atom stereocenters. The molecule has 1 heterocycles. The zero-order valence-corrected chi connectivity index (χ0v) is 20.1. The summed E-state index contributed by atoms with van der Waals surface area (Å²) in [6.07, 6.45) is -1.07. The minimum absolute atomic E-state index is 0.106. The largest absolute Gasteiger partial charge is 0.375 e. The maximum absolute atomic E-state index is 13.5. The Kier molecular flexibility index (Phi) is 6.81. The molecule has 0 bridgehead atoms. The molecule has 0 radical (unpaired) electrons. The van der Waals surface area contributed by atoms with E-state index in [4.69, 9.17) is 27.9 Å². The number of hydrogen-bond donors (Lipinski definition) is 2. The molecule has 1 atom stereocenters. The van der Waals surface area contributed by atoms with Crippen molar-refractivity contribution in [2.24, 2.45) is 0 Å². The molecular formula is C25H25Cl2N3O3. The van der Waals surface area contributed by atoms with Crippen LogP contribution in [-0.4, -0.2) is 36.7 Å². The third kappa shape index (κ3) is 4.52. The van der Waals surface area contributed by atoms with Crippen molar-refractivity contribution < 1.29 is 9.84 Å². The van der Waals surface area contributed by atoms with Gasteiger partial charge in [0.1, 0.15) is 0 Å². The minimum Gasteiger partial charge on any atom is -0.375 e. The summed E-state index contributed by atoms with van der Waals surface area (Å²) in [5, 5.41) is 15.7. The quantitative estimate of drug-likeness (QED) is 0.262. The number of benzene rings is 3. The van der Waals surface area contributed by atoms with E-state index in [1.807, 2.05) is 66.9 Å². The van der Waals surface area contributed by atoms with Gasteiger partial charge >= 0.3 is 0 Å². The summed E-state index contributed by atoms with van der Waals surface area (Å²) in [4.78, 5) is 15.4. The van der Waals surface area contributed by atoms with Crippen molar-refractivity contribution in [1.29, 1.82) is 0 Å². The SMILES string of the molecule is CCOC(O)Cn1c2cc(Nc3ccccc3)c(Cl)cc2c(=O)c2ccc(Cl)c(N(C)C)c21. The average Bonchev–Trinajstić information content (AvgIpc) is 2.78. The number of pyridine rings is 1. The molecule has 1 aromatic heterocycles. The first-order chi connectivity index (χ1) is 15.8. The van der Waals surface area contributed by atoms with E-state index in [0.717, 1.165) is 5.69 Å². The van der Waals surface area contributed by atoms with Crippen molar-refractivity contribution in [3.63, 3.8) is 0 Å². The van der Waals surface area contributed by atoms with Gasteiger partial charge in [-0.05, 0) is 43.3 Å². The number of hydrogen-bond acceptors (Lipinski definition) is 5. The zero-order valence-electron chi connectivity index (χ0n) is 18.6. The Balaban J connectivity index is 2.07. The topological polar surface area (TPSA) is 66.7 Å². The second-order valence-corrected chi connectivity index (χ2v) is 8.69. The molecule has 0 aliphatic rings. The number of aliphatic hydroxyl groups is 1. The summed E-state index contributed by atoms with van der Waals surface area (Å²) in [6.45, 7) is 2.27. The van der Waals surface area contributed by atoms with E-state index < -0.39 is 6.29 Å². The highest BCUT2D eigenvalue weighted by molar-refractivity contribution is 6.35. The number of para-hydroxylation sites is 1. The van der Waals surface area contributed by atoms with Crippen LogP contribution in [0, 0.1) is 0 Å². The number of fused-ring (bicyclic) bond motifs is 2. The van der Waals surface area contributed by atoms with Crippen LogP contribution in [0.25, 0.3) is 21.8 Å². The van der Waals surface area contributed by atoms with Crippen LogP contribution in [-0.2, 0) is 11.3 Å². The van der Waals surface area contributed by atoms with Gasteiger partial charge in [-0.3, -0.25) is 4.79 Å². The molecular weight excluding hydrogens is 461 g/mol. The summed E-state index contributed by atoms with van der Waals surface area (Å²) >= 11 is 13.1. The summed E-state index contributed by atoms with van der Waals surface area (Å²) in [5.41, 5.74) is 3.26. The molecule has 172 valence electrons. The molecule has 0 saturated heterocycles. The van der Waals surface area contributed by atoms with Crippen molar-refractivity contribution in [3.05, 3.63) is 74.9 Å². The van der Waals surface area contributed by atoms with Gasteiger partial charge < -0.3 is 24.6 Å². The van der Waals surface area contributed by atoms with Gasteiger partial charge in [-0.1, -0.05) is 41.4 Å². The first-order valence-corrected chi connectivity index (χ1v) is 11.3. The lowest BCUT2D eigenvalue weighted by atomic mass is 10.1. The van der Waals surface area contributed by atoms with Crippen molar-refractivity contribution in [2.45, 2.75) is 19.8 Å². The molecule has 0 spiro atoms. The lowest BCUT2D eigenvalue weighted by Gasteiger charge is -2.24. The molecule has 3 aromatic carbocycles. The minimum atomic E-state index is -1.07. The van der Waals surface area contributed by atoms with Crippen molar-refractivity contribution in [2.75, 3.05) is 30.9 Å². The molecule has 0 aliphatic carbocycles. The highest BCUT2D eigenvalue weighted by atomic mass is 35.5. The Morgan fingerprint density at radius 2 is 1.79 bits per heavy atom. The van der Waals surface area contributed by atoms with Gasteiger partial charge in [-0.25, -0.2) is 0 Å². The summed E-state index contributed by atoms with van der Waals surface area (Å²) in [6, 6.07) is 16.5. The van der Waals surface area contributed by atoms with E-state index in [1.54, 1.807) is 18.2 Å². The van der Waals surface area contributed by atoms with Gasteiger partial charge in [0, 0.05) is 37.2 Å². The smallest absolute Gasteiger partial charge is 0.197 e. The zero-order chi connectivity index (χ0) is 23.7. The van der Waals surface area contributed by atoms with Crippen LogP contribution in [0.4, 0.5) is 17.1 Å². The van der Waals surface area contributed by atoms with Gasteiger partial charge in [0.25, 0.3) is 0 Å². The fourth-order valence-corrected chi connectivity index (χ4v) is 4.57. The molecule has 0 fully saturated rings. The van der Waals surface area contributed by atoms with E-state index in [1.165, 1.54) is 0 Å². The fourth-order valence-electron chi connectivity index (χ4n) is 4.03. The van der Waals surface area contributed by atoms with Crippen molar-refractivity contribution in [1.82, 2.24) is 4.57 Å². The number of nitrogens with one attached hydrogen (secondary N) is 1. The molecule has 2 N–H and O–H groups in total. The first-order valence-electron chi connectivity index (χ1n) is 10.6. The van der Waals surface area contributed by atoms with Crippen LogP contribution in [0.15, 0.2) is 59.4 Å². The highest BCUT2D eigenvalue weighted by Gasteiger charge is 2.21. The number of nitrogens with zero attached hydrogens (tertiary/aromatic N) is 2. The number of rotatable bonds is 7. The molecule has 6 nitrogen and oxygen atoms in total. The monoisotopic (exact) mass is 485 g/mol. The second kappa shape index (κ2) is 9.61. The Morgan fingerprint density at radius 1 is 1.06 bits per heavy atom. The van der Waals surface area contributed by atoms with E-state index in [0.29, 0.717) is 49.8 Å². The number of ether oxygens (including phenoxy) is 1. The Labute approximate surface area is 201 Å². The molecule has 4 aromatic rings. The maximum Gasteiger partial charge on any atom is 0.197 e. The van der Waals surface area contributed by atoms with Gasteiger partial charge in [0.15, 0.2) is 11.7 Å². The summed E-state index contributed by atoms with van der Waals surface area (Å²) in [5.74, 6) is 0. The lowest BCUT2D eigenvalue weighted by Crippen LogP contribution is -2.24. The molecule has 0 saturated carbocycles. The Hall–Kier alpha value is -2.77. The second-order valence-electron chi connectivity index (χ2n) is 7.88. The van der Waals surface area contributed by atoms with Crippen LogP contribution < -0.4 is 15.6 Å². The predicted octanol–water partition coefficient (Wildman–Crippen LogP) is 5.63. The van der Waals surface area contributed by atoms with E-state index in [9.17, 15) is 9.90 Å². The summed E-state index contributed by atoms with van der Waals surface area (Å²) in [7, 11) is 3.73. The van der Waals surface area contributed by atoms with Gasteiger partial charge in [0.2, 0.25) is 0 Å². The Morgan fingerprint density at radius 3 is 2.45 bits per heavy atom. The van der Waals surface area contributed by atoms with E-state index in [2.05, 4.69) is 5.32 Å². The number of anilines is 3. The van der Waals surface area contributed by atoms with Gasteiger partial charge in [0.05, 0.1) is 39.0 Å². The number of halogens is 2. The molecule has 4 rings (SSSR count). The third-order valence-corrected chi connectivity index (χ3v) is 6.05. The molecule has 8 heteroatoms. The van der Waals surface area contributed by atoms with Crippen LogP contribution in [0.3, 0.4) is 0 Å². The normalized spacial score (nSPS) is 12.3.